The highest BCUT2D eigenvalue weighted by atomic mass is 16.2. The first kappa shape index (κ1) is 15.7. The summed E-state index contributed by atoms with van der Waals surface area (Å²) in [6.45, 7) is 11.8. The number of hydrogen-bond acceptors (Lipinski definition) is 3. The van der Waals surface area contributed by atoms with Gasteiger partial charge < -0.3 is 0 Å². The second-order valence-corrected chi connectivity index (χ2v) is 6.45. The van der Waals surface area contributed by atoms with E-state index in [-0.39, 0.29) is 5.92 Å². The van der Waals surface area contributed by atoms with E-state index in [9.17, 15) is 14.4 Å². The van der Waals surface area contributed by atoms with Gasteiger partial charge in [-0.05, 0) is 31.6 Å². The minimum atomic E-state index is -1.17. The summed E-state index contributed by atoms with van der Waals surface area (Å²) >= 11 is 0. The molecule has 0 aromatic rings. The van der Waals surface area contributed by atoms with Gasteiger partial charge in [0.2, 0.25) is 11.8 Å². The van der Waals surface area contributed by atoms with E-state index in [1.165, 1.54) is 4.90 Å². The molecule has 108 valence electrons. The average molecular weight is 268 g/mol. The molecule has 0 aromatic carbocycles. The Morgan fingerprint density at radius 3 is 1.95 bits per heavy atom. The van der Waals surface area contributed by atoms with Crippen LogP contribution in [-0.4, -0.2) is 29.3 Å². The predicted molar refractivity (Wildman–Crippen MR) is 72.2 cm³/mol. The van der Waals surface area contributed by atoms with Crippen LogP contribution in [0.2, 0.25) is 0 Å². The van der Waals surface area contributed by atoms with Gasteiger partial charge >= 0.3 is 6.03 Å². The summed E-state index contributed by atoms with van der Waals surface area (Å²) in [5.74, 6) is 0.0123. The van der Waals surface area contributed by atoms with E-state index in [2.05, 4.69) is 33.0 Å². The van der Waals surface area contributed by atoms with E-state index < -0.39 is 23.3 Å². The van der Waals surface area contributed by atoms with Crippen LogP contribution in [0, 0.1) is 23.2 Å². The van der Waals surface area contributed by atoms with Crippen LogP contribution < -0.4 is 5.32 Å². The van der Waals surface area contributed by atoms with Crippen molar-refractivity contribution < 1.29 is 14.4 Å². The molecular weight excluding hydrogens is 244 g/mol. The number of rotatable bonds is 4. The molecule has 1 fully saturated rings. The molecule has 0 aliphatic carbocycles. The standard InChI is InChI=1S/C14H24N2O3/c1-8(2)10(9(3)4)7-16-12(18)14(5,6)11(17)15-13(16)19/h8-10H,7H2,1-6H3,(H,15,17,19). The van der Waals surface area contributed by atoms with Crippen molar-refractivity contribution in [1.82, 2.24) is 10.2 Å². The molecule has 0 spiro atoms. The van der Waals surface area contributed by atoms with E-state index in [0.29, 0.717) is 18.4 Å². The molecular formula is C14H24N2O3. The highest BCUT2D eigenvalue weighted by molar-refractivity contribution is 6.18. The molecule has 0 bridgehead atoms. The van der Waals surface area contributed by atoms with Crippen LogP contribution >= 0.6 is 0 Å². The number of nitrogens with one attached hydrogen (secondary N) is 1. The average Bonchev–Trinajstić information content (AvgIpc) is 2.26. The molecule has 1 aliphatic rings. The van der Waals surface area contributed by atoms with Crippen molar-refractivity contribution >= 4 is 17.8 Å². The Kier molecular flexibility index (Phi) is 4.38. The number of imide groups is 2. The molecule has 1 saturated heterocycles. The van der Waals surface area contributed by atoms with Gasteiger partial charge in [0.1, 0.15) is 5.41 Å². The summed E-state index contributed by atoms with van der Waals surface area (Å²) in [6, 6.07) is -0.597. The monoisotopic (exact) mass is 268 g/mol. The third-order valence-corrected chi connectivity index (χ3v) is 3.92. The van der Waals surface area contributed by atoms with Crippen molar-refractivity contribution in [3.63, 3.8) is 0 Å². The number of carbonyl (C=O) groups is 3. The molecule has 0 atom stereocenters. The number of amides is 4. The van der Waals surface area contributed by atoms with Crippen LogP contribution in [0.3, 0.4) is 0 Å². The van der Waals surface area contributed by atoms with E-state index >= 15 is 0 Å². The quantitative estimate of drug-likeness (QED) is 0.793. The lowest BCUT2D eigenvalue weighted by molar-refractivity contribution is -0.149. The molecule has 0 aromatic heterocycles. The van der Waals surface area contributed by atoms with E-state index in [1.54, 1.807) is 13.8 Å². The van der Waals surface area contributed by atoms with Gasteiger partial charge in [0.25, 0.3) is 0 Å². The molecule has 1 aliphatic heterocycles. The second-order valence-electron chi connectivity index (χ2n) is 6.45. The minimum Gasteiger partial charge on any atom is -0.277 e. The second kappa shape index (κ2) is 5.31. The van der Waals surface area contributed by atoms with Crippen LogP contribution in [0.25, 0.3) is 0 Å². The predicted octanol–water partition coefficient (Wildman–Crippen LogP) is 2.02. The molecule has 5 nitrogen and oxygen atoms in total. The number of nitrogens with zero attached hydrogens (tertiary/aromatic N) is 1. The van der Waals surface area contributed by atoms with Crippen LogP contribution in [0.15, 0.2) is 0 Å². The largest absolute Gasteiger partial charge is 0.330 e. The van der Waals surface area contributed by atoms with Gasteiger partial charge in [0.15, 0.2) is 0 Å². The molecule has 1 heterocycles. The van der Waals surface area contributed by atoms with Crippen LogP contribution in [0.4, 0.5) is 4.79 Å². The Hall–Kier alpha value is -1.39. The zero-order valence-electron chi connectivity index (χ0n) is 12.6. The van der Waals surface area contributed by atoms with Gasteiger partial charge in [-0.2, -0.15) is 0 Å². The Bertz CT molecular complexity index is 391. The SMILES string of the molecule is CC(C)C(CN1C(=O)NC(=O)C(C)(C)C1=O)C(C)C. The highest BCUT2D eigenvalue weighted by Crippen LogP contribution is 2.27. The van der Waals surface area contributed by atoms with Gasteiger partial charge in [0.05, 0.1) is 0 Å². The third-order valence-electron chi connectivity index (χ3n) is 3.92. The molecule has 1 rings (SSSR count). The molecule has 5 heteroatoms. The Balaban J connectivity index is 2.96. The van der Waals surface area contributed by atoms with Gasteiger partial charge in [-0.3, -0.25) is 19.8 Å². The van der Waals surface area contributed by atoms with Gasteiger partial charge in [-0.15, -0.1) is 0 Å². The maximum absolute atomic E-state index is 12.3. The highest BCUT2D eigenvalue weighted by Gasteiger charge is 2.47. The molecule has 0 unspecified atom stereocenters. The summed E-state index contributed by atoms with van der Waals surface area (Å²) < 4.78 is 0. The third kappa shape index (κ3) is 2.96. The minimum absolute atomic E-state index is 0.221. The van der Waals surface area contributed by atoms with E-state index in [0.717, 1.165) is 0 Å². The Morgan fingerprint density at radius 1 is 1.05 bits per heavy atom. The molecule has 1 N–H and O–H groups in total. The lowest BCUT2D eigenvalue weighted by Gasteiger charge is -2.38. The number of carbonyl (C=O) groups excluding carboxylic acids is 3. The number of urea groups is 1. The lowest BCUT2D eigenvalue weighted by Crippen LogP contribution is -2.62. The maximum Gasteiger partial charge on any atom is 0.330 e. The fourth-order valence-electron chi connectivity index (χ4n) is 2.42. The van der Waals surface area contributed by atoms with Crippen LogP contribution in [0.5, 0.6) is 0 Å². The zero-order chi connectivity index (χ0) is 15.0. The number of hydrogen-bond donors (Lipinski definition) is 1. The van der Waals surface area contributed by atoms with Crippen molar-refractivity contribution in [1.29, 1.82) is 0 Å². The summed E-state index contributed by atoms with van der Waals surface area (Å²) in [7, 11) is 0. The molecule has 0 radical (unpaired) electrons. The smallest absolute Gasteiger partial charge is 0.277 e. The Labute approximate surface area is 114 Å². The van der Waals surface area contributed by atoms with Crippen molar-refractivity contribution in [2.45, 2.75) is 41.5 Å². The number of barbiturate groups is 1. The fourth-order valence-corrected chi connectivity index (χ4v) is 2.42. The fraction of sp³-hybridized carbons (Fsp3) is 0.786. The maximum atomic E-state index is 12.3. The first-order chi connectivity index (χ1) is 8.59. The first-order valence-corrected chi connectivity index (χ1v) is 6.76. The van der Waals surface area contributed by atoms with Crippen molar-refractivity contribution in [3.05, 3.63) is 0 Å². The summed E-state index contributed by atoms with van der Waals surface area (Å²) in [5.41, 5.74) is -1.17. The van der Waals surface area contributed by atoms with Gasteiger partial charge in [-0.25, -0.2) is 4.79 Å². The topological polar surface area (TPSA) is 66.5 Å². The van der Waals surface area contributed by atoms with Crippen LogP contribution in [0.1, 0.15) is 41.5 Å². The van der Waals surface area contributed by atoms with E-state index in [4.69, 9.17) is 0 Å². The van der Waals surface area contributed by atoms with Gasteiger partial charge in [-0.1, -0.05) is 27.7 Å². The van der Waals surface area contributed by atoms with Crippen molar-refractivity contribution in [2.24, 2.45) is 23.2 Å². The summed E-state index contributed by atoms with van der Waals surface area (Å²) in [5, 5.41) is 2.26. The summed E-state index contributed by atoms with van der Waals surface area (Å²) in [6.07, 6.45) is 0. The van der Waals surface area contributed by atoms with Crippen LogP contribution in [-0.2, 0) is 9.59 Å². The Morgan fingerprint density at radius 2 is 1.53 bits per heavy atom. The normalized spacial score (nSPS) is 19.6. The lowest BCUT2D eigenvalue weighted by atomic mass is 9.83. The molecule has 0 saturated carbocycles. The molecule has 19 heavy (non-hydrogen) atoms. The molecule has 4 amide bonds. The summed E-state index contributed by atoms with van der Waals surface area (Å²) in [4.78, 5) is 37.0. The van der Waals surface area contributed by atoms with Crippen molar-refractivity contribution in [2.75, 3.05) is 6.54 Å². The van der Waals surface area contributed by atoms with Crippen molar-refractivity contribution in [3.8, 4) is 0 Å². The van der Waals surface area contributed by atoms with E-state index in [1.807, 2.05) is 0 Å². The first-order valence-electron chi connectivity index (χ1n) is 6.76. The van der Waals surface area contributed by atoms with Gasteiger partial charge in [0, 0.05) is 6.54 Å². The zero-order valence-corrected chi connectivity index (χ0v) is 12.6.